The first-order valence-electron chi connectivity index (χ1n) is 7.14. The van der Waals surface area contributed by atoms with E-state index >= 15 is 0 Å². The maximum atomic E-state index is 8.79. The molecule has 0 saturated carbocycles. The van der Waals surface area contributed by atoms with Crippen molar-refractivity contribution in [1.82, 2.24) is 0 Å². The maximum absolute atomic E-state index is 8.79. The summed E-state index contributed by atoms with van der Waals surface area (Å²) in [6, 6.07) is 17.7. The van der Waals surface area contributed by atoms with E-state index in [4.69, 9.17) is 10.00 Å². The molecule has 21 heavy (non-hydrogen) atoms. The molecular weight excluding hydrogens is 260 g/mol. The molecular formula is C18H20N2O. The Bertz CT molecular complexity index is 612. The van der Waals surface area contributed by atoms with Gasteiger partial charge in [0.2, 0.25) is 0 Å². The fourth-order valence-corrected chi connectivity index (χ4v) is 1.89. The Balaban J connectivity index is 2.00. The molecule has 0 atom stereocenters. The van der Waals surface area contributed by atoms with Crippen molar-refractivity contribution in [2.45, 2.75) is 20.4 Å². The standard InChI is InChI=1S/C18H20N2O/c1-14(2)13-21-18-6-4-3-5-17(18)20-12-16-9-7-15(11-19)8-10-16/h3-10,14,20H,12-13H2,1-2H3. The molecule has 0 aliphatic rings. The first-order chi connectivity index (χ1) is 10.2. The number of nitriles is 1. The topological polar surface area (TPSA) is 45.0 Å². The van der Waals surface area contributed by atoms with Crippen LogP contribution in [0.5, 0.6) is 5.75 Å². The van der Waals surface area contributed by atoms with Crippen LogP contribution in [0.1, 0.15) is 25.0 Å². The Kier molecular flexibility index (Phi) is 5.22. The van der Waals surface area contributed by atoms with Gasteiger partial charge < -0.3 is 10.1 Å². The van der Waals surface area contributed by atoms with Crippen molar-refractivity contribution in [2.75, 3.05) is 11.9 Å². The van der Waals surface area contributed by atoms with Crippen molar-refractivity contribution in [1.29, 1.82) is 5.26 Å². The molecule has 0 saturated heterocycles. The normalized spacial score (nSPS) is 10.2. The Morgan fingerprint density at radius 2 is 1.81 bits per heavy atom. The van der Waals surface area contributed by atoms with Gasteiger partial charge in [-0.25, -0.2) is 0 Å². The fourth-order valence-electron chi connectivity index (χ4n) is 1.89. The molecule has 3 heteroatoms. The summed E-state index contributed by atoms with van der Waals surface area (Å²) in [7, 11) is 0. The molecule has 1 N–H and O–H groups in total. The number of nitrogens with one attached hydrogen (secondary N) is 1. The monoisotopic (exact) mass is 280 g/mol. The predicted molar refractivity (Wildman–Crippen MR) is 85.3 cm³/mol. The van der Waals surface area contributed by atoms with Crippen LogP contribution in [0.4, 0.5) is 5.69 Å². The third-order valence-corrected chi connectivity index (χ3v) is 3.03. The van der Waals surface area contributed by atoms with Gasteiger partial charge in [-0.2, -0.15) is 5.26 Å². The van der Waals surface area contributed by atoms with Crippen molar-refractivity contribution in [3.8, 4) is 11.8 Å². The van der Waals surface area contributed by atoms with Crippen molar-refractivity contribution in [3.05, 3.63) is 59.7 Å². The lowest BCUT2D eigenvalue weighted by Gasteiger charge is -2.14. The molecule has 0 unspecified atom stereocenters. The van der Waals surface area contributed by atoms with E-state index in [1.165, 1.54) is 0 Å². The summed E-state index contributed by atoms with van der Waals surface area (Å²) in [5.74, 6) is 1.37. The quantitative estimate of drug-likeness (QED) is 0.862. The van der Waals surface area contributed by atoms with Gasteiger partial charge in [-0.15, -0.1) is 0 Å². The van der Waals surface area contributed by atoms with Crippen LogP contribution in [-0.4, -0.2) is 6.61 Å². The van der Waals surface area contributed by atoms with Crippen LogP contribution in [0, 0.1) is 17.2 Å². The summed E-state index contributed by atoms with van der Waals surface area (Å²) in [4.78, 5) is 0. The Labute approximate surface area is 126 Å². The number of ether oxygens (including phenoxy) is 1. The fraction of sp³-hybridized carbons (Fsp3) is 0.278. The van der Waals surface area contributed by atoms with E-state index in [9.17, 15) is 0 Å². The number of nitrogens with zero attached hydrogens (tertiary/aromatic N) is 1. The van der Waals surface area contributed by atoms with E-state index in [1.54, 1.807) is 0 Å². The van der Waals surface area contributed by atoms with Crippen molar-refractivity contribution in [2.24, 2.45) is 5.92 Å². The van der Waals surface area contributed by atoms with Crippen LogP contribution >= 0.6 is 0 Å². The SMILES string of the molecule is CC(C)COc1ccccc1NCc1ccc(C#N)cc1. The lowest BCUT2D eigenvalue weighted by molar-refractivity contribution is 0.272. The summed E-state index contributed by atoms with van der Waals surface area (Å²) in [5.41, 5.74) is 2.80. The molecule has 0 spiro atoms. The minimum Gasteiger partial charge on any atom is -0.491 e. The minimum atomic E-state index is 0.497. The molecule has 0 radical (unpaired) electrons. The van der Waals surface area contributed by atoms with Crippen molar-refractivity contribution < 1.29 is 4.74 Å². The first kappa shape index (κ1) is 14.9. The van der Waals surface area contributed by atoms with Gasteiger partial charge in [0, 0.05) is 6.54 Å². The van der Waals surface area contributed by atoms with Gasteiger partial charge in [0.1, 0.15) is 5.75 Å². The van der Waals surface area contributed by atoms with Crippen LogP contribution < -0.4 is 10.1 Å². The van der Waals surface area contributed by atoms with Gasteiger partial charge in [0.05, 0.1) is 23.9 Å². The maximum Gasteiger partial charge on any atom is 0.142 e. The van der Waals surface area contributed by atoms with Crippen molar-refractivity contribution >= 4 is 5.69 Å². The molecule has 2 rings (SSSR count). The van der Waals surface area contributed by atoms with Gasteiger partial charge in [0.15, 0.2) is 0 Å². The van der Waals surface area contributed by atoms with E-state index in [0.717, 1.165) is 17.0 Å². The van der Waals surface area contributed by atoms with E-state index in [1.807, 2.05) is 48.5 Å². The van der Waals surface area contributed by atoms with E-state index in [2.05, 4.69) is 25.2 Å². The van der Waals surface area contributed by atoms with Gasteiger partial charge in [-0.3, -0.25) is 0 Å². The molecule has 0 aliphatic carbocycles. The molecule has 0 amide bonds. The zero-order valence-electron chi connectivity index (χ0n) is 12.5. The van der Waals surface area contributed by atoms with Crippen molar-refractivity contribution in [3.63, 3.8) is 0 Å². The van der Waals surface area contributed by atoms with Gasteiger partial charge in [-0.1, -0.05) is 38.1 Å². The Morgan fingerprint density at radius 1 is 1.10 bits per heavy atom. The zero-order chi connectivity index (χ0) is 15.1. The van der Waals surface area contributed by atoms with E-state index in [-0.39, 0.29) is 0 Å². The van der Waals surface area contributed by atoms with Crippen LogP contribution in [0.3, 0.4) is 0 Å². The summed E-state index contributed by atoms with van der Waals surface area (Å²) in [5, 5.41) is 12.2. The molecule has 2 aromatic rings. The molecule has 0 heterocycles. The molecule has 3 nitrogen and oxygen atoms in total. The summed E-state index contributed by atoms with van der Waals surface area (Å²) >= 11 is 0. The smallest absolute Gasteiger partial charge is 0.142 e. The number of hydrogen-bond donors (Lipinski definition) is 1. The number of rotatable bonds is 6. The summed E-state index contributed by atoms with van der Waals surface area (Å²) < 4.78 is 5.82. The van der Waals surface area contributed by atoms with Gasteiger partial charge in [0.25, 0.3) is 0 Å². The molecule has 0 aromatic heterocycles. The van der Waals surface area contributed by atoms with Crippen LogP contribution in [0.25, 0.3) is 0 Å². The zero-order valence-corrected chi connectivity index (χ0v) is 12.5. The highest BCUT2D eigenvalue weighted by Gasteiger charge is 2.04. The second-order valence-corrected chi connectivity index (χ2v) is 5.36. The van der Waals surface area contributed by atoms with Crippen LogP contribution in [-0.2, 0) is 6.54 Å². The minimum absolute atomic E-state index is 0.497. The average molecular weight is 280 g/mol. The summed E-state index contributed by atoms with van der Waals surface area (Å²) in [6.45, 7) is 5.67. The van der Waals surface area contributed by atoms with E-state index in [0.29, 0.717) is 24.6 Å². The first-order valence-corrected chi connectivity index (χ1v) is 7.14. The Morgan fingerprint density at radius 3 is 2.48 bits per heavy atom. The van der Waals surface area contributed by atoms with Gasteiger partial charge in [-0.05, 0) is 35.7 Å². The summed E-state index contributed by atoms with van der Waals surface area (Å²) in [6.07, 6.45) is 0. The van der Waals surface area contributed by atoms with Crippen LogP contribution in [0.15, 0.2) is 48.5 Å². The Hall–Kier alpha value is -2.47. The number of hydrogen-bond acceptors (Lipinski definition) is 3. The second-order valence-electron chi connectivity index (χ2n) is 5.36. The third kappa shape index (κ3) is 4.54. The lowest BCUT2D eigenvalue weighted by atomic mass is 10.1. The number of benzene rings is 2. The molecule has 2 aromatic carbocycles. The van der Waals surface area contributed by atoms with Crippen LogP contribution in [0.2, 0.25) is 0 Å². The molecule has 0 aliphatic heterocycles. The number of para-hydroxylation sites is 2. The largest absolute Gasteiger partial charge is 0.491 e. The highest BCUT2D eigenvalue weighted by atomic mass is 16.5. The predicted octanol–water partition coefficient (Wildman–Crippen LogP) is 4.21. The molecule has 108 valence electrons. The third-order valence-electron chi connectivity index (χ3n) is 3.03. The molecule has 0 bridgehead atoms. The lowest BCUT2D eigenvalue weighted by Crippen LogP contribution is -2.07. The van der Waals surface area contributed by atoms with E-state index < -0.39 is 0 Å². The second kappa shape index (κ2) is 7.35. The van der Waals surface area contributed by atoms with Gasteiger partial charge >= 0.3 is 0 Å². The highest BCUT2D eigenvalue weighted by molar-refractivity contribution is 5.56. The highest BCUT2D eigenvalue weighted by Crippen LogP contribution is 2.24. The number of anilines is 1. The molecule has 0 fully saturated rings. The average Bonchev–Trinajstić information content (AvgIpc) is 2.52.